The van der Waals surface area contributed by atoms with Crippen molar-refractivity contribution in [2.75, 3.05) is 13.1 Å². The van der Waals surface area contributed by atoms with Gasteiger partial charge in [-0.3, -0.25) is 10.1 Å². The first-order chi connectivity index (χ1) is 9.73. The highest BCUT2D eigenvalue weighted by Gasteiger charge is 2.33. The topological polar surface area (TPSA) is 101 Å². The third kappa shape index (κ3) is 3.04. The van der Waals surface area contributed by atoms with Crippen molar-refractivity contribution in [2.45, 2.75) is 24.3 Å². The van der Waals surface area contributed by atoms with Crippen LogP contribution >= 0.6 is 0 Å². The number of aliphatic hydroxyl groups is 1. The van der Waals surface area contributed by atoms with Gasteiger partial charge < -0.3 is 5.11 Å². The minimum Gasteiger partial charge on any atom is -0.393 e. The third-order valence-electron chi connectivity index (χ3n) is 3.57. The monoisotopic (exact) mass is 318 g/mol. The highest BCUT2D eigenvalue weighted by atomic mass is 32.2. The van der Waals surface area contributed by atoms with Gasteiger partial charge in [0.15, 0.2) is 0 Å². The Kier molecular flexibility index (Phi) is 4.26. The number of piperidine rings is 1. The van der Waals surface area contributed by atoms with Crippen LogP contribution in [0.2, 0.25) is 0 Å². The maximum absolute atomic E-state index is 13.3. The molecular weight excluding hydrogens is 303 g/mol. The Morgan fingerprint density at radius 1 is 1.48 bits per heavy atom. The highest BCUT2D eigenvalue weighted by Crippen LogP contribution is 2.27. The van der Waals surface area contributed by atoms with Crippen LogP contribution in [0, 0.1) is 21.8 Å². The molecule has 21 heavy (non-hydrogen) atoms. The van der Waals surface area contributed by atoms with E-state index >= 15 is 0 Å². The van der Waals surface area contributed by atoms with Gasteiger partial charge in [-0.15, -0.1) is 0 Å². The van der Waals surface area contributed by atoms with E-state index in [0.29, 0.717) is 6.42 Å². The van der Waals surface area contributed by atoms with E-state index in [1.165, 1.54) is 0 Å². The molecule has 2 rings (SSSR count). The summed E-state index contributed by atoms with van der Waals surface area (Å²) >= 11 is 0. The van der Waals surface area contributed by atoms with Gasteiger partial charge in [0.05, 0.1) is 15.9 Å². The molecule has 0 saturated carbocycles. The van der Waals surface area contributed by atoms with Crippen molar-refractivity contribution in [1.29, 1.82) is 0 Å². The summed E-state index contributed by atoms with van der Waals surface area (Å²) in [5, 5.41) is 20.3. The van der Waals surface area contributed by atoms with Crippen molar-refractivity contribution >= 4 is 15.7 Å². The van der Waals surface area contributed by atoms with Crippen molar-refractivity contribution in [3.8, 4) is 0 Å². The van der Waals surface area contributed by atoms with Crippen molar-refractivity contribution in [2.24, 2.45) is 5.92 Å². The van der Waals surface area contributed by atoms with E-state index in [-0.39, 0.29) is 23.9 Å². The van der Waals surface area contributed by atoms with Crippen LogP contribution in [0.5, 0.6) is 0 Å². The lowest BCUT2D eigenvalue weighted by molar-refractivity contribution is -0.387. The van der Waals surface area contributed by atoms with Gasteiger partial charge in [-0.2, -0.15) is 8.70 Å². The predicted octanol–water partition coefficient (Wildman–Crippen LogP) is 1.13. The van der Waals surface area contributed by atoms with E-state index in [9.17, 15) is 28.0 Å². The molecular formula is C12H15FN2O5S. The van der Waals surface area contributed by atoms with Crippen molar-refractivity contribution in [1.82, 2.24) is 4.31 Å². The molecule has 1 N–H and O–H groups in total. The first-order valence-electron chi connectivity index (χ1n) is 6.35. The first kappa shape index (κ1) is 15.8. The number of halogens is 1. The quantitative estimate of drug-likeness (QED) is 0.665. The molecule has 2 atom stereocenters. The van der Waals surface area contributed by atoms with Crippen LogP contribution in [0.1, 0.15) is 13.3 Å². The minimum absolute atomic E-state index is 0.120. The predicted molar refractivity (Wildman–Crippen MR) is 71.6 cm³/mol. The summed E-state index contributed by atoms with van der Waals surface area (Å²) in [7, 11) is -3.94. The lowest BCUT2D eigenvalue weighted by Gasteiger charge is -2.33. The Morgan fingerprint density at radius 2 is 2.14 bits per heavy atom. The van der Waals surface area contributed by atoms with Crippen LogP contribution in [0.25, 0.3) is 0 Å². The second kappa shape index (κ2) is 5.66. The molecule has 7 nitrogen and oxygen atoms in total. The number of nitrogens with zero attached hydrogens (tertiary/aromatic N) is 2. The molecule has 0 bridgehead atoms. The fourth-order valence-electron chi connectivity index (χ4n) is 2.26. The maximum atomic E-state index is 13.3. The second-order valence-corrected chi connectivity index (χ2v) is 7.00. The summed E-state index contributed by atoms with van der Waals surface area (Å²) in [6, 6.07) is 2.50. The van der Waals surface area contributed by atoms with Gasteiger partial charge in [-0.05, 0) is 24.5 Å². The zero-order chi connectivity index (χ0) is 15.8. The van der Waals surface area contributed by atoms with Crippen LogP contribution in [0.15, 0.2) is 23.1 Å². The molecule has 0 aliphatic carbocycles. The van der Waals surface area contributed by atoms with Crippen molar-refractivity contribution in [3.63, 3.8) is 0 Å². The van der Waals surface area contributed by atoms with Gasteiger partial charge in [-0.1, -0.05) is 6.92 Å². The number of sulfonamides is 1. The first-order valence-corrected chi connectivity index (χ1v) is 7.79. The zero-order valence-electron chi connectivity index (χ0n) is 11.3. The second-order valence-electron chi connectivity index (χ2n) is 5.07. The Labute approximate surface area is 121 Å². The molecule has 0 aromatic heterocycles. The summed E-state index contributed by atoms with van der Waals surface area (Å²) < 4.78 is 39.3. The third-order valence-corrected chi connectivity index (χ3v) is 5.44. The van der Waals surface area contributed by atoms with E-state index in [2.05, 4.69) is 0 Å². The molecule has 0 amide bonds. The fraction of sp³-hybridized carbons (Fsp3) is 0.500. The number of hydrogen-bond acceptors (Lipinski definition) is 5. The molecule has 2 unspecified atom stereocenters. The number of hydrogen-bond donors (Lipinski definition) is 1. The molecule has 1 saturated heterocycles. The van der Waals surface area contributed by atoms with Gasteiger partial charge in [0.25, 0.3) is 0 Å². The SMILES string of the molecule is CC1CN(S(=O)(=O)c2ccc(F)c([N+](=O)[O-])c2)CCC1O. The number of nitro benzene ring substituents is 1. The lowest BCUT2D eigenvalue weighted by Crippen LogP contribution is -2.44. The summed E-state index contributed by atoms with van der Waals surface area (Å²) in [5.41, 5.74) is -0.874. The highest BCUT2D eigenvalue weighted by molar-refractivity contribution is 7.89. The molecule has 1 aliphatic heterocycles. The Balaban J connectivity index is 2.36. The van der Waals surface area contributed by atoms with Gasteiger partial charge in [-0.25, -0.2) is 8.42 Å². The van der Waals surface area contributed by atoms with Gasteiger partial charge in [0.2, 0.25) is 15.8 Å². The van der Waals surface area contributed by atoms with Crippen LogP contribution in [-0.4, -0.2) is 41.9 Å². The van der Waals surface area contributed by atoms with E-state index < -0.39 is 32.6 Å². The summed E-state index contributed by atoms with van der Waals surface area (Å²) in [6.45, 7) is 1.97. The normalized spacial score (nSPS) is 24.0. The molecule has 1 aromatic carbocycles. The summed E-state index contributed by atoms with van der Waals surface area (Å²) in [4.78, 5) is 9.41. The van der Waals surface area contributed by atoms with Crippen molar-refractivity contribution in [3.05, 3.63) is 34.1 Å². The maximum Gasteiger partial charge on any atom is 0.306 e. The van der Waals surface area contributed by atoms with Gasteiger partial charge in [0, 0.05) is 19.2 Å². The average molecular weight is 318 g/mol. The zero-order valence-corrected chi connectivity index (χ0v) is 12.1. The van der Waals surface area contributed by atoms with Crippen molar-refractivity contribution < 1.29 is 22.8 Å². The molecule has 0 spiro atoms. The fourth-order valence-corrected chi connectivity index (χ4v) is 3.83. The lowest BCUT2D eigenvalue weighted by atomic mass is 9.99. The number of aliphatic hydroxyl groups excluding tert-OH is 1. The minimum atomic E-state index is -3.94. The largest absolute Gasteiger partial charge is 0.393 e. The van der Waals surface area contributed by atoms with E-state index in [1.807, 2.05) is 0 Å². The van der Waals surface area contributed by atoms with Gasteiger partial charge in [0.1, 0.15) is 0 Å². The molecule has 1 heterocycles. The van der Waals surface area contributed by atoms with Crippen LogP contribution in [-0.2, 0) is 10.0 Å². The smallest absolute Gasteiger partial charge is 0.306 e. The summed E-state index contributed by atoms with van der Waals surface area (Å²) in [5.74, 6) is -1.31. The van der Waals surface area contributed by atoms with Gasteiger partial charge >= 0.3 is 5.69 Å². The number of rotatable bonds is 3. The van der Waals surface area contributed by atoms with Crippen LogP contribution in [0.4, 0.5) is 10.1 Å². The molecule has 1 aliphatic rings. The van der Waals surface area contributed by atoms with Crippen LogP contribution < -0.4 is 0 Å². The Bertz CT molecular complexity index is 664. The van der Waals surface area contributed by atoms with Crippen LogP contribution in [0.3, 0.4) is 0 Å². The Hall–Kier alpha value is -1.58. The molecule has 116 valence electrons. The number of benzene rings is 1. The van der Waals surface area contributed by atoms with E-state index in [0.717, 1.165) is 22.5 Å². The molecule has 1 fully saturated rings. The number of nitro groups is 1. The standard InChI is InChI=1S/C12H15FN2O5S/c1-8-7-14(5-4-12(8)16)21(19,20)9-2-3-10(13)11(6-9)15(17)18/h2-3,6,8,12,16H,4-5,7H2,1H3. The molecule has 9 heteroatoms. The van der Waals surface area contributed by atoms with E-state index in [1.54, 1.807) is 6.92 Å². The summed E-state index contributed by atoms with van der Waals surface area (Å²) in [6.07, 6.45) is -0.275. The Morgan fingerprint density at radius 3 is 2.71 bits per heavy atom. The average Bonchev–Trinajstić information content (AvgIpc) is 2.41. The van der Waals surface area contributed by atoms with E-state index in [4.69, 9.17) is 0 Å². The molecule has 1 aromatic rings. The molecule has 0 radical (unpaired) electrons.